The van der Waals surface area contributed by atoms with E-state index in [4.69, 9.17) is 10.00 Å². The largest absolute Gasteiger partial charge is 0.377 e. The van der Waals surface area contributed by atoms with Gasteiger partial charge in [0.2, 0.25) is 10.0 Å². The Morgan fingerprint density at radius 3 is 2.94 bits per heavy atom. The molecule has 18 heavy (non-hydrogen) atoms. The second kappa shape index (κ2) is 5.36. The van der Waals surface area contributed by atoms with Crippen molar-refractivity contribution in [2.75, 3.05) is 6.61 Å². The van der Waals surface area contributed by atoms with Gasteiger partial charge < -0.3 is 4.74 Å². The molecule has 5 nitrogen and oxygen atoms in total. The lowest BCUT2D eigenvalue weighted by molar-refractivity contribution is 0.0902. The van der Waals surface area contributed by atoms with Crippen LogP contribution in [0.15, 0.2) is 16.3 Å². The van der Waals surface area contributed by atoms with E-state index in [1.807, 2.05) is 6.07 Å². The summed E-state index contributed by atoms with van der Waals surface area (Å²) in [6.07, 6.45) is 1.78. The van der Waals surface area contributed by atoms with Crippen molar-refractivity contribution in [3.05, 3.63) is 17.0 Å². The fourth-order valence-corrected chi connectivity index (χ4v) is 4.29. The number of nitrogens with zero attached hydrogens (tertiary/aromatic N) is 1. The van der Waals surface area contributed by atoms with Crippen molar-refractivity contribution in [3.63, 3.8) is 0 Å². The van der Waals surface area contributed by atoms with Crippen molar-refractivity contribution < 1.29 is 13.2 Å². The van der Waals surface area contributed by atoms with Gasteiger partial charge in [0.05, 0.1) is 6.10 Å². The summed E-state index contributed by atoms with van der Waals surface area (Å²) in [5.41, 5.74) is 0. The van der Waals surface area contributed by atoms with Gasteiger partial charge in [-0.25, -0.2) is 13.1 Å². The standard InChI is InChI=1S/C11H14N2O3S2/c1-8(10-3-2-6-16-10)13-18(14,15)11-5-4-9(7-12)17-11/h4-5,8,10,13H,2-3,6H2,1H3. The molecule has 1 N–H and O–H groups in total. The van der Waals surface area contributed by atoms with Gasteiger partial charge in [0, 0.05) is 12.6 Å². The monoisotopic (exact) mass is 286 g/mol. The molecule has 2 atom stereocenters. The average molecular weight is 286 g/mol. The third-order valence-electron chi connectivity index (χ3n) is 2.82. The Morgan fingerprint density at radius 2 is 2.39 bits per heavy atom. The van der Waals surface area contributed by atoms with Crippen molar-refractivity contribution in [1.29, 1.82) is 5.26 Å². The van der Waals surface area contributed by atoms with Gasteiger partial charge in [-0.3, -0.25) is 0 Å². The summed E-state index contributed by atoms with van der Waals surface area (Å²) >= 11 is 0.972. The molecule has 0 radical (unpaired) electrons. The van der Waals surface area contributed by atoms with E-state index in [9.17, 15) is 8.42 Å². The van der Waals surface area contributed by atoms with Gasteiger partial charge in [0.15, 0.2) is 0 Å². The molecule has 1 aliphatic rings. The second-order valence-electron chi connectivity index (χ2n) is 4.19. The molecule has 1 aromatic heterocycles. The van der Waals surface area contributed by atoms with Crippen molar-refractivity contribution in [2.24, 2.45) is 0 Å². The molecule has 0 spiro atoms. The van der Waals surface area contributed by atoms with Crippen LogP contribution in [0.1, 0.15) is 24.6 Å². The minimum Gasteiger partial charge on any atom is -0.377 e. The van der Waals surface area contributed by atoms with Crippen molar-refractivity contribution in [2.45, 2.75) is 36.1 Å². The van der Waals surface area contributed by atoms with E-state index < -0.39 is 10.0 Å². The van der Waals surface area contributed by atoms with E-state index in [-0.39, 0.29) is 16.4 Å². The highest BCUT2D eigenvalue weighted by atomic mass is 32.2. The van der Waals surface area contributed by atoms with Gasteiger partial charge in [-0.2, -0.15) is 5.26 Å². The third kappa shape index (κ3) is 2.90. The number of ether oxygens (including phenoxy) is 1. The van der Waals surface area contributed by atoms with Gasteiger partial charge in [-0.15, -0.1) is 11.3 Å². The summed E-state index contributed by atoms with van der Waals surface area (Å²) in [5, 5.41) is 8.70. The predicted molar refractivity (Wildman–Crippen MR) is 67.8 cm³/mol. The molecule has 2 heterocycles. The molecule has 0 amide bonds. The maximum Gasteiger partial charge on any atom is 0.250 e. The van der Waals surface area contributed by atoms with Gasteiger partial charge in [0.1, 0.15) is 15.2 Å². The third-order valence-corrected chi connectivity index (χ3v) is 5.86. The molecular formula is C11H14N2O3S2. The highest BCUT2D eigenvalue weighted by Gasteiger charge is 2.27. The molecule has 0 aromatic carbocycles. The lowest BCUT2D eigenvalue weighted by atomic mass is 10.1. The molecular weight excluding hydrogens is 272 g/mol. The lowest BCUT2D eigenvalue weighted by Crippen LogP contribution is -2.40. The van der Waals surface area contributed by atoms with Crippen molar-refractivity contribution in [3.8, 4) is 6.07 Å². The molecule has 1 aliphatic heterocycles. The fraction of sp³-hybridized carbons (Fsp3) is 0.545. The zero-order valence-corrected chi connectivity index (χ0v) is 11.6. The van der Waals surface area contributed by atoms with E-state index in [2.05, 4.69) is 4.72 Å². The fourth-order valence-electron chi connectivity index (χ4n) is 1.90. The van der Waals surface area contributed by atoms with Crippen molar-refractivity contribution >= 4 is 21.4 Å². The summed E-state index contributed by atoms with van der Waals surface area (Å²) in [6, 6.07) is 4.63. The lowest BCUT2D eigenvalue weighted by Gasteiger charge is -2.19. The maximum atomic E-state index is 12.1. The Balaban J connectivity index is 2.09. The van der Waals surface area contributed by atoms with Crippen LogP contribution in [-0.4, -0.2) is 27.2 Å². The van der Waals surface area contributed by atoms with E-state index in [0.717, 1.165) is 24.2 Å². The zero-order valence-electron chi connectivity index (χ0n) is 9.92. The number of hydrogen-bond acceptors (Lipinski definition) is 5. The molecule has 0 bridgehead atoms. The number of nitrogens with one attached hydrogen (secondary N) is 1. The normalized spacial score (nSPS) is 21.7. The first kappa shape index (κ1) is 13.5. The number of nitriles is 1. The molecule has 2 unspecified atom stereocenters. The molecule has 98 valence electrons. The molecule has 2 rings (SSSR count). The topological polar surface area (TPSA) is 79.2 Å². The van der Waals surface area contributed by atoms with E-state index in [1.54, 1.807) is 6.92 Å². The van der Waals surface area contributed by atoms with Gasteiger partial charge in [0.25, 0.3) is 0 Å². The number of rotatable bonds is 4. The Kier molecular flexibility index (Phi) is 4.02. The molecule has 1 fully saturated rings. The predicted octanol–water partition coefficient (Wildman–Crippen LogP) is 1.47. The van der Waals surface area contributed by atoms with Crippen LogP contribution < -0.4 is 4.72 Å². The van der Waals surface area contributed by atoms with Crippen LogP contribution in [0.5, 0.6) is 0 Å². The summed E-state index contributed by atoms with van der Waals surface area (Å²) in [6.45, 7) is 2.49. The summed E-state index contributed by atoms with van der Waals surface area (Å²) < 4.78 is 32.3. The maximum absolute atomic E-state index is 12.1. The smallest absolute Gasteiger partial charge is 0.250 e. The van der Waals surface area contributed by atoms with Crippen LogP contribution in [0.4, 0.5) is 0 Å². The molecule has 0 saturated carbocycles. The Morgan fingerprint density at radius 1 is 1.61 bits per heavy atom. The van der Waals surface area contributed by atoms with Gasteiger partial charge >= 0.3 is 0 Å². The average Bonchev–Trinajstić information content (AvgIpc) is 3.00. The van der Waals surface area contributed by atoms with Crippen LogP contribution in [0.25, 0.3) is 0 Å². The summed E-state index contributed by atoms with van der Waals surface area (Å²) in [7, 11) is -3.55. The molecule has 1 saturated heterocycles. The van der Waals surface area contributed by atoms with Crippen LogP contribution in [0.3, 0.4) is 0 Å². The number of thiophene rings is 1. The number of hydrogen-bond donors (Lipinski definition) is 1. The molecule has 1 aromatic rings. The number of sulfonamides is 1. The van der Waals surface area contributed by atoms with E-state index >= 15 is 0 Å². The minimum atomic E-state index is -3.55. The zero-order chi connectivity index (χ0) is 13.2. The SMILES string of the molecule is CC(NS(=O)(=O)c1ccc(C#N)s1)C1CCCO1. The summed E-state index contributed by atoms with van der Waals surface area (Å²) in [4.78, 5) is 0.389. The van der Waals surface area contributed by atoms with E-state index in [0.29, 0.717) is 11.5 Å². The van der Waals surface area contributed by atoms with E-state index in [1.165, 1.54) is 12.1 Å². The quantitative estimate of drug-likeness (QED) is 0.909. The second-order valence-corrected chi connectivity index (χ2v) is 7.22. The Bertz CT molecular complexity index is 553. The highest BCUT2D eigenvalue weighted by Crippen LogP contribution is 2.22. The first-order valence-electron chi connectivity index (χ1n) is 5.67. The molecule has 7 heteroatoms. The molecule has 0 aliphatic carbocycles. The first-order valence-corrected chi connectivity index (χ1v) is 7.97. The van der Waals surface area contributed by atoms with Crippen LogP contribution in [-0.2, 0) is 14.8 Å². The Hall–Kier alpha value is -0.940. The van der Waals surface area contributed by atoms with Crippen molar-refractivity contribution in [1.82, 2.24) is 4.72 Å². The van der Waals surface area contributed by atoms with Crippen LogP contribution in [0, 0.1) is 11.3 Å². The van der Waals surface area contributed by atoms with Gasteiger partial charge in [-0.05, 0) is 31.9 Å². The van der Waals surface area contributed by atoms with Gasteiger partial charge in [-0.1, -0.05) is 0 Å². The van der Waals surface area contributed by atoms with Crippen LogP contribution >= 0.6 is 11.3 Å². The van der Waals surface area contributed by atoms with Crippen LogP contribution in [0.2, 0.25) is 0 Å². The summed E-state index contributed by atoms with van der Waals surface area (Å²) in [5.74, 6) is 0. The first-order chi connectivity index (χ1) is 8.53. The Labute approximate surface area is 110 Å². The minimum absolute atomic E-state index is 0.0600. The highest BCUT2D eigenvalue weighted by molar-refractivity contribution is 7.91.